The van der Waals surface area contributed by atoms with Crippen LogP contribution in [0, 0.1) is 0 Å². The zero-order chi connectivity index (χ0) is 7.98. The van der Waals surface area contributed by atoms with Crippen LogP contribution in [0.3, 0.4) is 0 Å². The van der Waals surface area contributed by atoms with Crippen molar-refractivity contribution >= 4 is 0 Å². The van der Waals surface area contributed by atoms with Gasteiger partial charge in [0.15, 0.2) is 0 Å². The summed E-state index contributed by atoms with van der Waals surface area (Å²) in [6.45, 7) is 7.08. The number of hydrogen-bond acceptors (Lipinski definition) is 2. The SMILES string of the molecule is C=CC(C)OC=CC(C)O. The molecule has 0 aromatic carbocycles. The molecule has 0 aromatic heterocycles. The van der Waals surface area contributed by atoms with Crippen LogP contribution < -0.4 is 0 Å². The molecule has 0 rings (SSSR count). The summed E-state index contributed by atoms with van der Waals surface area (Å²) in [6.07, 6.45) is 4.30. The van der Waals surface area contributed by atoms with E-state index >= 15 is 0 Å². The van der Waals surface area contributed by atoms with Crippen LogP contribution in [0.25, 0.3) is 0 Å². The fourth-order valence-electron chi connectivity index (χ4n) is 0.339. The molecular formula is C8H14O2. The maximum absolute atomic E-state index is 8.75. The third-order valence-electron chi connectivity index (χ3n) is 0.982. The minimum atomic E-state index is -0.447. The molecule has 0 fully saturated rings. The fourth-order valence-corrected chi connectivity index (χ4v) is 0.339. The van der Waals surface area contributed by atoms with Gasteiger partial charge < -0.3 is 9.84 Å². The van der Waals surface area contributed by atoms with Crippen molar-refractivity contribution < 1.29 is 9.84 Å². The van der Waals surface area contributed by atoms with E-state index in [1.54, 1.807) is 19.1 Å². The van der Waals surface area contributed by atoms with Crippen molar-refractivity contribution in [2.75, 3.05) is 0 Å². The second-order valence-corrected chi connectivity index (χ2v) is 2.15. The molecule has 0 bridgehead atoms. The molecule has 2 atom stereocenters. The Balaban J connectivity index is 3.42. The monoisotopic (exact) mass is 142 g/mol. The molecule has 0 radical (unpaired) electrons. The Labute approximate surface area is 61.8 Å². The van der Waals surface area contributed by atoms with Gasteiger partial charge >= 0.3 is 0 Å². The molecule has 0 aliphatic carbocycles. The van der Waals surface area contributed by atoms with Crippen LogP contribution in [0.1, 0.15) is 13.8 Å². The van der Waals surface area contributed by atoms with Crippen LogP contribution in [-0.2, 0) is 4.74 Å². The highest BCUT2D eigenvalue weighted by molar-refractivity contribution is 4.83. The van der Waals surface area contributed by atoms with Crippen molar-refractivity contribution in [3.05, 3.63) is 25.0 Å². The van der Waals surface area contributed by atoms with Crippen LogP contribution in [0.15, 0.2) is 25.0 Å². The van der Waals surface area contributed by atoms with Crippen LogP contribution in [0.2, 0.25) is 0 Å². The molecule has 0 aromatic rings. The van der Waals surface area contributed by atoms with Crippen molar-refractivity contribution in [2.24, 2.45) is 0 Å². The van der Waals surface area contributed by atoms with Gasteiger partial charge in [0, 0.05) is 0 Å². The summed E-state index contributed by atoms with van der Waals surface area (Å²) in [6, 6.07) is 0. The number of aliphatic hydroxyl groups excluding tert-OH is 1. The lowest BCUT2D eigenvalue weighted by Crippen LogP contribution is -1.99. The van der Waals surface area contributed by atoms with Crippen molar-refractivity contribution in [1.82, 2.24) is 0 Å². The number of ether oxygens (including phenoxy) is 1. The summed E-state index contributed by atoms with van der Waals surface area (Å²) in [5.41, 5.74) is 0. The first kappa shape index (κ1) is 9.24. The smallest absolute Gasteiger partial charge is 0.113 e. The summed E-state index contributed by atoms with van der Waals surface area (Å²) in [5.74, 6) is 0. The number of hydrogen-bond donors (Lipinski definition) is 1. The first-order valence-corrected chi connectivity index (χ1v) is 3.29. The van der Waals surface area contributed by atoms with E-state index in [4.69, 9.17) is 9.84 Å². The molecule has 2 heteroatoms. The Morgan fingerprint density at radius 2 is 2.10 bits per heavy atom. The predicted octanol–water partition coefficient (Wildman–Crippen LogP) is 1.47. The molecular weight excluding hydrogens is 128 g/mol. The molecule has 0 aliphatic heterocycles. The van der Waals surface area contributed by atoms with E-state index in [0.717, 1.165) is 0 Å². The summed E-state index contributed by atoms with van der Waals surface area (Å²) in [7, 11) is 0. The van der Waals surface area contributed by atoms with E-state index in [1.807, 2.05) is 6.92 Å². The second-order valence-electron chi connectivity index (χ2n) is 2.15. The highest BCUT2D eigenvalue weighted by Gasteiger charge is 1.90. The van der Waals surface area contributed by atoms with Crippen LogP contribution in [0.5, 0.6) is 0 Å². The predicted molar refractivity (Wildman–Crippen MR) is 41.6 cm³/mol. The number of rotatable bonds is 4. The molecule has 1 N–H and O–H groups in total. The van der Waals surface area contributed by atoms with E-state index in [-0.39, 0.29) is 6.10 Å². The molecule has 58 valence electrons. The van der Waals surface area contributed by atoms with Crippen LogP contribution in [-0.4, -0.2) is 17.3 Å². The van der Waals surface area contributed by atoms with Crippen molar-refractivity contribution in [2.45, 2.75) is 26.1 Å². The van der Waals surface area contributed by atoms with Gasteiger partial charge in [-0.1, -0.05) is 12.7 Å². The Morgan fingerprint density at radius 1 is 1.50 bits per heavy atom. The van der Waals surface area contributed by atoms with Gasteiger partial charge in [-0.3, -0.25) is 0 Å². The van der Waals surface area contributed by atoms with Gasteiger partial charge in [-0.2, -0.15) is 0 Å². The molecule has 10 heavy (non-hydrogen) atoms. The van der Waals surface area contributed by atoms with E-state index in [9.17, 15) is 0 Å². The zero-order valence-electron chi connectivity index (χ0n) is 6.45. The lowest BCUT2D eigenvalue weighted by atomic mass is 10.4. The molecule has 0 saturated carbocycles. The van der Waals surface area contributed by atoms with Crippen molar-refractivity contribution in [3.8, 4) is 0 Å². The fraction of sp³-hybridized carbons (Fsp3) is 0.500. The maximum Gasteiger partial charge on any atom is 0.113 e. The van der Waals surface area contributed by atoms with E-state index in [1.165, 1.54) is 6.26 Å². The number of aliphatic hydroxyl groups is 1. The average molecular weight is 142 g/mol. The minimum absolute atomic E-state index is 0.00926. The van der Waals surface area contributed by atoms with Crippen LogP contribution >= 0.6 is 0 Å². The second kappa shape index (κ2) is 5.06. The van der Waals surface area contributed by atoms with Gasteiger partial charge in [-0.25, -0.2) is 0 Å². The first-order valence-electron chi connectivity index (χ1n) is 3.29. The Kier molecular flexibility index (Phi) is 4.67. The van der Waals surface area contributed by atoms with Gasteiger partial charge in [-0.15, -0.1) is 0 Å². The largest absolute Gasteiger partial charge is 0.495 e. The third-order valence-corrected chi connectivity index (χ3v) is 0.982. The van der Waals surface area contributed by atoms with E-state index in [0.29, 0.717) is 0 Å². The van der Waals surface area contributed by atoms with Crippen molar-refractivity contribution in [3.63, 3.8) is 0 Å². The highest BCUT2D eigenvalue weighted by Crippen LogP contribution is 1.92. The lowest BCUT2D eigenvalue weighted by molar-refractivity contribution is 0.192. The minimum Gasteiger partial charge on any atom is -0.495 e. The molecule has 0 aliphatic rings. The Bertz CT molecular complexity index is 116. The Morgan fingerprint density at radius 3 is 2.50 bits per heavy atom. The maximum atomic E-state index is 8.75. The topological polar surface area (TPSA) is 29.5 Å². The van der Waals surface area contributed by atoms with Crippen molar-refractivity contribution in [1.29, 1.82) is 0 Å². The van der Waals surface area contributed by atoms with Gasteiger partial charge in [0.1, 0.15) is 6.10 Å². The molecule has 2 unspecified atom stereocenters. The quantitative estimate of drug-likeness (QED) is 0.476. The lowest BCUT2D eigenvalue weighted by Gasteiger charge is -2.04. The van der Waals surface area contributed by atoms with Crippen LogP contribution in [0.4, 0.5) is 0 Å². The normalized spacial score (nSPS) is 16.7. The summed E-state index contributed by atoms with van der Waals surface area (Å²) in [5, 5.41) is 8.75. The summed E-state index contributed by atoms with van der Waals surface area (Å²) < 4.78 is 5.04. The standard InChI is InChI=1S/C8H14O2/c1-4-8(3)10-6-5-7(2)9/h4-9H,1H2,2-3H3. The first-order chi connectivity index (χ1) is 4.66. The summed E-state index contributed by atoms with van der Waals surface area (Å²) >= 11 is 0. The molecule has 0 saturated heterocycles. The molecule has 0 heterocycles. The average Bonchev–Trinajstić information content (AvgIpc) is 1.87. The van der Waals surface area contributed by atoms with Gasteiger partial charge in [0.05, 0.1) is 12.4 Å². The zero-order valence-corrected chi connectivity index (χ0v) is 6.45. The van der Waals surface area contributed by atoms with Gasteiger partial charge in [0.25, 0.3) is 0 Å². The molecule has 0 spiro atoms. The van der Waals surface area contributed by atoms with Gasteiger partial charge in [-0.05, 0) is 19.9 Å². The molecule has 0 amide bonds. The third kappa shape index (κ3) is 5.38. The van der Waals surface area contributed by atoms with E-state index in [2.05, 4.69) is 6.58 Å². The van der Waals surface area contributed by atoms with E-state index < -0.39 is 6.10 Å². The van der Waals surface area contributed by atoms with Gasteiger partial charge in [0.2, 0.25) is 0 Å². The molecule has 2 nitrogen and oxygen atoms in total. The highest BCUT2D eigenvalue weighted by atomic mass is 16.5. The Hall–Kier alpha value is -0.760. The summed E-state index contributed by atoms with van der Waals surface area (Å²) in [4.78, 5) is 0.